The van der Waals surface area contributed by atoms with Crippen LogP contribution in [0.15, 0.2) is 5.16 Å². The molecule has 17 heavy (non-hydrogen) atoms. The van der Waals surface area contributed by atoms with E-state index in [0.29, 0.717) is 13.2 Å². The molecule has 7 heteroatoms. The van der Waals surface area contributed by atoms with E-state index in [9.17, 15) is 4.21 Å². The van der Waals surface area contributed by atoms with E-state index in [2.05, 4.69) is 9.88 Å². The number of oxime groups is 1. The molecule has 0 unspecified atom stereocenters. The topological polar surface area (TPSA) is 96.9 Å². The first-order chi connectivity index (χ1) is 7.70. The third-order valence-electron chi connectivity index (χ3n) is 2.75. The van der Waals surface area contributed by atoms with Crippen LogP contribution in [0, 0.1) is 5.41 Å². The SMILES string of the molecule is CC1([C@H](N[S@@](=O)C(C)(C)C)/C(N)=N\O)COC1. The van der Waals surface area contributed by atoms with Crippen molar-refractivity contribution in [3.05, 3.63) is 0 Å². The van der Waals surface area contributed by atoms with Crippen LogP contribution in [0.1, 0.15) is 27.7 Å². The van der Waals surface area contributed by atoms with Gasteiger partial charge in [0.05, 0.1) is 35.0 Å². The normalized spacial score (nSPS) is 23.9. The van der Waals surface area contributed by atoms with Crippen molar-refractivity contribution in [1.29, 1.82) is 0 Å². The summed E-state index contributed by atoms with van der Waals surface area (Å²) >= 11 is 0. The number of rotatable bonds is 4. The Labute approximate surface area is 104 Å². The highest BCUT2D eigenvalue weighted by molar-refractivity contribution is 7.84. The fourth-order valence-electron chi connectivity index (χ4n) is 1.49. The number of amidine groups is 1. The Bertz CT molecular complexity index is 334. The largest absolute Gasteiger partial charge is 0.409 e. The van der Waals surface area contributed by atoms with Crippen LogP contribution < -0.4 is 10.5 Å². The van der Waals surface area contributed by atoms with E-state index < -0.39 is 21.8 Å². The Balaban J connectivity index is 2.83. The van der Waals surface area contributed by atoms with E-state index in [1.54, 1.807) is 0 Å². The van der Waals surface area contributed by atoms with Gasteiger partial charge in [-0.25, -0.2) is 8.93 Å². The predicted octanol–water partition coefficient (Wildman–Crippen LogP) is 0.190. The Morgan fingerprint density at radius 1 is 1.59 bits per heavy atom. The Kier molecular flexibility index (Phi) is 4.16. The van der Waals surface area contributed by atoms with Crippen molar-refractivity contribution in [1.82, 2.24) is 4.72 Å². The van der Waals surface area contributed by atoms with Gasteiger partial charge >= 0.3 is 0 Å². The molecule has 0 saturated carbocycles. The van der Waals surface area contributed by atoms with Gasteiger partial charge < -0.3 is 15.7 Å². The van der Waals surface area contributed by atoms with Crippen LogP contribution >= 0.6 is 0 Å². The highest BCUT2D eigenvalue weighted by atomic mass is 32.2. The van der Waals surface area contributed by atoms with E-state index in [-0.39, 0.29) is 11.3 Å². The molecule has 100 valence electrons. The molecule has 0 aromatic rings. The second kappa shape index (κ2) is 4.91. The lowest BCUT2D eigenvalue weighted by Crippen LogP contribution is -2.62. The van der Waals surface area contributed by atoms with Gasteiger partial charge in [-0.3, -0.25) is 0 Å². The van der Waals surface area contributed by atoms with Crippen LogP contribution in [0.25, 0.3) is 0 Å². The molecular formula is C10H21N3O3S. The maximum Gasteiger partial charge on any atom is 0.158 e. The minimum Gasteiger partial charge on any atom is -0.409 e. The minimum absolute atomic E-state index is 0.0356. The molecule has 0 amide bonds. The molecule has 1 saturated heterocycles. The fourth-order valence-corrected chi connectivity index (χ4v) is 2.46. The number of ether oxygens (including phenoxy) is 1. The summed E-state index contributed by atoms with van der Waals surface area (Å²) in [5.74, 6) is 0.0356. The van der Waals surface area contributed by atoms with E-state index in [1.165, 1.54) is 0 Å². The van der Waals surface area contributed by atoms with Gasteiger partial charge in [-0.1, -0.05) is 12.1 Å². The molecule has 1 heterocycles. The molecule has 0 bridgehead atoms. The number of hydrogen-bond acceptors (Lipinski definition) is 4. The van der Waals surface area contributed by atoms with Crippen LogP contribution in [0.4, 0.5) is 0 Å². The number of hydrogen-bond donors (Lipinski definition) is 3. The lowest BCUT2D eigenvalue weighted by molar-refractivity contribution is -0.107. The Morgan fingerprint density at radius 3 is 2.41 bits per heavy atom. The van der Waals surface area contributed by atoms with E-state index in [1.807, 2.05) is 27.7 Å². The summed E-state index contributed by atoms with van der Waals surface area (Å²) in [6.45, 7) is 8.54. The van der Waals surface area contributed by atoms with Crippen molar-refractivity contribution in [3.8, 4) is 0 Å². The highest BCUT2D eigenvalue weighted by Crippen LogP contribution is 2.31. The van der Waals surface area contributed by atoms with Gasteiger partial charge in [0, 0.05) is 5.41 Å². The van der Waals surface area contributed by atoms with Crippen molar-refractivity contribution in [2.75, 3.05) is 13.2 Å². The average Bonchev–Trinajstić information content (AvgIpc) is 2.19. The molecule has 0 aromatic carbocycles. The van der Waals surface area contributed by atoms with Gasteiger partial charge in [0.15, 0.2) is 5.84 Å². The lowest BCUT2D eigenvalue weighted by Gasteiger charge is -2.44. The van der Waals surface area contributed by atoms with Gasteiger partial charge in [0.2, 0.25) is 0 Å². The summed E-state index contributed by atoms with van der Waals surface area (Å²) in [6.07, 6.45) is 0. The zero-order valence-electron chi connectivity index (χ0n) is 10.7. The maximum absolute atomic E-state index is 12.0. The summed E-state index contributed by atoms with van der Waals surface area (Å²) in [7, 11) is -1.28. The molecule has 0 aromatic heterocycles. The summed E-state index contributed by atoms with van der Waals surface area (Å²) in [5.41, 5.74) is 5.37. The van der Waals surface area contributed by atoms with Gasteiger partial charge in [-0.2, -0.15) is 0 Å². The number of nitrogens with one attached hydrogen (secondary N) is 1. The molecule has 1 fully saturated rings. The smallest absolute Gasteiger partial charge is 0.158 e. The monoisotopic (exact) mass is 263 g/mol. The summed E-state index contributed by atoms with van der Waals surface area (Å²) in [5, 5.41) is 11.8. The second-order valence-corrected chi connectivity index (χ2v) is 7.60. The van der Waals surface area contributed by atoms with E-state index >= 15 is 0 Å². The number of nitrogens with two attached hydrogens (primary N) is 1. The molecule has 1 rings (SSSR count). The standard InChI is InChI=1S/C10H21N3O3S/c1-9(2,3)17(15)13-7(8(11)12-14)10(4)5-16-6-10/h7,13-14H,5-6H2,1-4H3,(H2,11,12)/t7-,17+/m1/s1. The van der Waals surface area contributed by atoms with Crippen molar-refractivity contribution in [2.24, 2.45) is 16.3 Å². The molecular weight excluding hydrogens is 242 g/mol. The van der Waals surface area contributed by atoms with Gasteiger partial charge in [-0.15, -0.1) is 0 Å². The van der Waals surface area contributed by atoms with Crippen molar-refractivity contribution in [3.63, 3.8) is 0 Å². The zero-order chi connectivity index (χ0) is 13.3. The van der Waals surface area contributed by atoms with E-state index in [0.717, 1.165) is 0 Å². The van der Waals surface area contributed by atoms with Gasteiger partial charge in [0.25, 0.3) is 0 Å². The molecule has 0 radical (unpaired) electrons. The molecule has 2 atom stereocenters. The number of nitrogens with zero attached hydrogens (tertiary/aromatic N) is 1. The first kappa shape index (κ1) is 14.4. The summed E-state index contributed by atoms with van der Waals surface area (Å²) in [4.78, 5) is 0. The third kappa shape index (κ3) is 3.17. The second-order valence-electron chi connectivity index (χ2n) is 5.60. The highest BCUT2D eigenvalue weighted by Gasteiger charge is 2.45. The molecule has 4 N–H and O–H groups in total. The molecule has 0 spiro atoms. The first-order valence-corrected chi connectivity index (χ1v) is 6.59. The molecule has 0 aliphatic carbocycles. The quantitative estimate of drug-likeness (QED) is 0.292. The van der Waals surface area contributed by atoms with Crippen LogP contribution in [0.5, 0.6) is 0 Å². The molecule has 1 aliphatic rings. The van der Waals surface area contributed by atoms with Crippen molar-refractivity contribution < 1.29 is 14.2 Å². The van der Waals surface area contributed by atoms with Gasteiger partial charge in [0.1, 0.15) is 0 Å². The van der Waals surface area contributed by atoms with Crippen LogP contribution in [-0.4, -0.2) is 39.3 Å². The minimum atomic E-state index is -1.28. The molecule has 1 aliphatic heterocycles. The summed E-state index contributed by atoms with van der Waals surface area (Å²) < 4.78 is 19.7. The Hall–Kier alpha value is -0.660. The average molecular weight is 263 g/mol. The first-order valence-electron chi connectivity index (χ1n) is 5.44. The van der Waals surface area contributed by atoms with Crippen LogP contribution in [0.3, 0.4) is 0 Å². The maximum atomic E-state index is 12.0. The predicted molar refractivity (Wildman–Crippen MR) is 67.2 cm³/mol. The third-order valence-corrected chi connectivity index (χ3v) is 4.31. The fraction of sp³-hybridized carbons (Fsp3) is 0.900. The van der Waals surface area contributed by atoms with E-state index in [4.69, 9.17) is 15.7 Å². The zero-order valence-corrected chi connectivity index (χ0v) is 11.5. The van der Waals surface area contributed by atoms with Crippen molar-refractivity contribution in [2.45, 2.75) is 38.5 Å². The van der Waals surface area contributed by atoms with Gasteiger partial charge in [-0.05, 0) is 20.8 Å². The van der Waals surface area contributed by atoms with Crippen LogP contribution in [0.2, 0.25) is 0 Å². The summed E-state index contributed by atoms with van der Waals surface area (Å²) in [6, 6.07) is -0.457. The lowest BCUT2D eigenvalue weighted by atomic mass is 9.80. The van der Waals surface area contributed by atoms with Crippen molar-refractivity contribution >= 4 is 16.8 Å². The van der Waals surface area contributed by atoms with Crippen LogP contribution in [-0.2, 0) is 15.7 Å². The Morgan fingerprint density at radius 2 is 2.12 bits per heavy atom. The molecule has 6 nitrogen and oxygen atoms in total.